The minimum Gasteiger partial charge on any atom is -0.481 e. The first kappa shape index (κ1) is 17.7. The van der Waals surface area contributed by atoms with Gasteiger partial charge in [-0.1, -0.05) is 6.07 Å². The van der Waals surface area contributed by atoms with Crippen molar-refractivity contribution in [2.75, 3.05) is 0 Å². The van der Waals surface area contributed by atoms with Crippen LogP contribution in [0.4, 0.5) is 0 Å². The Hall–Kier alpha value is -1.60. The molecule has 1 aliphatic rings. The molecule has 0 bridgehead atoms. The number of halogens is 2. The summed E-state index contributed by atoms with van der Waals surface area (Å²) in [4.78, 5) is 29.4. The average Bonchev–Trinajstić information content (AvgIpc) is 2.90. The van der Waals surface area contributed by atoms with Crippen molar-refractivity contribution in [1.82, 2.24) is 9.97 Å². The molecular formula is C16H14Br2N2O3. The van der Waals surface area contributed by atoms with Crippen LogP contribution in [0.5, 0.6) is 0 Å². The maximum Gasteiger partial charge on any atom is 0.303 e. The number of hydrogen-bond donors (Lipinski definition) is 1. The molecule has 1 aliphatic carbocycles. The van der Waals surface area contributed by atoms with Crippen molar-refractivity contribution in [2.24, 2.45) is 0 Å². The zero-order chi connectivity index (χ0) is 16.8. The topological polar surface area (TPSA) is 80.1 Å². The van der Waals surface area contributed by atoms with Crippen molar-refractivity contribution in [3.8, 4) is 0 Å². The van der Waals surface area contributed by atoms with Crippen molar-refractivity contribution in [3.05, 3.63) is 56.5 Å². The van der Waals surface area contributed by atoms with E-state index in [0.29, 0.717) is 12.8 Å². The Morgan fingerprint density at radius 2 is 1.87 bits per heavy atom. The molecule has 7 heteroatoms. The molecule has 23 heavy (non-hydrogen) atoms. The van der Waals surface area contributed by atoms with E-state index in [1.807, 2.05) is 6.07 Å². The van der Waals surface area contributed by atoms with Gasteiger partial charge in [0.05, 0.1) is 0 Å². The van der Waals surface area contributed by atoms with Gasteiger partial charge in [-0.05, 0) is 68.0 Å². The van der Waals surface area contributed by atoms with Crippen LogP contribution in [0.3, 0.4) is 0 Å². The zero-order valence-electron chi connectivity index (χ0n) is 12.1. The fourth-order valence-corrected chi connectivity index (χ4v) is 3.17. The lowest BCUT2D eigenvalue weighted by Gasteiger charge is -1.99. The molecular weight excluding hydrogens is 428 g/mol. The second-order valence-electron chi connectivity index (χ2n) is 4.90. The van der Waals surface area contributed by atoms with Gasteiger partial charge in [0.15, 0.2) is 5.78 Å². The van der Waals surface area contributed by atoms with E-state index in [1.54, 1.807) is 24.5 Å². The van der Waals surface area contributed by atoms with Gasteiger partial charge in [0.25, 0.3) is 0 Å². The lowest BCUT2D eigenvalue weighted by Crippen LogP contribution is -1.98. The van der Waals surface area contributed by atoms with Crippen molar-refractivity contribution in [1.29, 1.82) is 0 Å². The highest BCUT2D eigenvalue weighted by Gasteiger charge is 2.21. The van der Waals surface area contributed by atoms with Crippen LogP contribution in [0, 0.1) is 0 Å². The predicted octanol–water partition coefficient (Wildman–Crippen LogP) is 3.83. The van der Waals surface area contributed by atoms with E-state index in [2.05, 4.69) is 41.8 Å². The van der Waals surface area contributed by atoms with E-state index in [9.17, 15) is 9.59 Å². The molecule has 120 valence electrons. The van der Waals surface area contributed by atoms with Crippen molar-refractivity contribution >= 4 is 43.6 Å². The minimum atomic E-state index is -0.786. The van der Waals surface area contributed by atoms with Gasteiger partial charge in [-0.25, -0.2) is 9.97 Å². The SMILES string of the molecule is O=C(O)CCc1cccnc1Br.O=C1CCc2c1ccnc2Br. The second kappa shape index (κ2) is 8.31. The molecule has 0 saturated carbocycles. The summed E-state index contributed by atoms with van der Waals surface area (Å²) in [6, 6.07) is 5.44. The number of carboxylic acids is 1. The largest absolute Gasteiger partial charge is 0.481 e. The predicted molar refractivity (Wildman–Crippen MR) is 92.5 cm³/mol. The average molecular weight is 442 g/mol. The number of aromatic nitrogens is 2. The number of carbonyl (C=O) groups excluding carboxylic acids is 1. The highest BCUT2D eigenvalue weighted by atomic mass is 79.9. The Labute approximate surface area is 150 Å². The van der Waals surface area contributed by atoms with E-state index in [1.165, 1.54) is 0 Å². The summed E-state index contributed by atoms with van der Waals surface area (Å²) in [7, 11) is 0. The summed E-state index contributed by atoms with van der Waals surface area (Å²) in [5, 5.41) is 8.43. The van der Waals surface area contributed by atoms with Gasteiger partial charge in [-0.3, -0.25) is 9.59 Å². The molecule has 2 aromatic heterocycles. The Morgan fingerprint density at radius 1 is 1.13 bits per heavy atom. The number of hydrogen-bond acceptors (Lipinski definition) is 4. The highest BCUT2D eigenvalue weighted by Crippen LogP contribution is 2.26. The molecule has 2 aromatic rings. The molecule has 0 spiro atoms. The standard InChI is InChI=1S/C8H8BrNO2.C8H6BrNO/c9-8-6(2-1-5-10-8)3-4-7(11)12;9-8-6-1-2-7(11)5(6)3-4-10-8/h1-2,5H,3-4H2,(H,11,12);3-4H,1-2H2. The molecule has 0 amide bonds. The molecule has 0 fully saturated rings. The van der Waals surface area contributed by atoms with E-state index in [0.717, 1.165) is 32.3 Å². The number of nitrogens with zero attached hydrogens (tertiary/aromatic N) is 2. The number of pyridine rings is 2. The third kappa shape index (κ3) is 4.94. The second-order valence-corrected chi connectivity index (χ2v) is 6.40. The van der Waals surface area contributed by atoms with Crippen LogP contribution in [0.2, 0.25) is 0 Å². The van der Waals surface area contributed by atoms with Crippen LogP contribution >= 0.6 is 31.9 Å². The van der Waals surface area contributed by atoms with Gasteiger partial charge >= 0.3 is 5.97 Å². The Bertz CT molecular complexity index is 735. The molecule has 0 unspecified atom stereocenters. The van der Waals surface area contributed by atoms with Gasteiger partial charge in [0.1, 0.15) is 9.21 Å². The molecule has 2 heterocycles. The maximum absolute atomic E-state index is 11.2. The zero-order valence-corrected chi connectivity index (χ0v) is 15.3. The number of fused-ring (bicyclic) bond motifs is 1. The molecule has 0 radical (unpaired) electrons. The molecule has 0 aliphatic heterocycles. The minimum absolute atomic E-state index is 0.143. The van der Waals surface area contributed by atoms with Crippen LogP contribution < -0.4 is 0 Å². The number of aliphatic carboxylic acids is 1. The highest BCUT2D eigenvalue weighted by molar-refractivity contribution is 9.10. The van der Waals surface area contributed by atoms with E-state index < -0.39 is 5.97 Å². The number of carboxylic acid groups (broad SMARTS) is 1. The van der Waals surface area contributed by atoms with E-state index >= 15 is 0 Å². The molecule has 0 aromatic carbocycles. The molecule has 3 rings (SSSR count). The summed E-state index contributed by atoms with van der Waals surface area (Å²) < 4.78 is 1.55. The summed E-state index contributed by atoms with van der Waals surface area (Å²) in [5.74, 6) is -0.547. The smallest absolute Gasteiger partial charge is 0.303 e. The van der Waals surface area contributed by atoms with Gasteiger partial charge in [0.2, 0.25) is 0 Å². The lowest BCUT2D eigenvalue weighted by atomic mass is 10.2. The van der Waals surface area contributed by atoms with Gasteiger partial charge in [0, 0.05) is 30.8 Å². The summed E-state index contributed by atoms with van der Waals surface area (Å²) >= 11 is 6.55. The first-order valence-electron chi connectivity index (χ1n) is 6.96. The molecule has 0 saturated heterocycles. The number of rotatable bonds is 3. The van der Waals surface area contributed by atoms with E-state index in [-0.39, 0.29) is 12.2 Å². The lowest BCUT2D eigenvalue weighted by molar-refractivity contribution is -0.136. The number of Topliss-reactive ketones (excluding diaryl/α,β-unsaturated/α-hetero) is 1. The number of ketones is 1. The first-order valence-corrected chi connectivity index (χ1v) is 8.55. The van der Waals surface area contributed by atoms with Gasteiger partial charge in [-0.2, -0.15) is 0 Å². The van der Waals surface area contributed by atoms with Crippen molar-refractivity contribution < 1.29 is 14.7 Å². The number of carbonyl (C=O) groups is 2. The quantitative estimate of drug-likeness (QED) is 0.732. The monoisotopic (exact) mass is 440 g/mol. The molecule has 5 nitrogen and oxygen atoms in total. The van der Waals surface area contributed by atoms with Crippen LogP contribution in [-0.2, 0) is 17.6 Å². The summed E-state index contributed by atoms with van der Waals surface area (Å²) in [6.45, 7) is 0. The van der Waals surface area contributed by atoms with Crippen molar-refractivity contribution in [3.63, 3.8) is 0 Å². The first-order chi connectivity index (χ1) is 11.0. The third-order valence-electron chi connectivity index (χ3n) is 3.35. The Morgan fingerprint density at radius 3 is 2.52 bits per heavy atom. The fraction of sp³-hybridized carbons (Fsp3) is 0.250. The van der Waals surface area contributed by atoms with Gasteiger partial charge < -0.3 is 5.11 Å². The molecule has 0 atom stereocenters. The van der Waals surface area contributed by atoms with Crippen molar-refractivity contribution in [2.45, 2.75) is 25.7 Å². The van der Waals surface area contributed by atoms with Crippen LogP contribution in [0.25, 0.3) is 0 Å². The Balaban J connectivity index is 0.000000167. The normalized spacial score (nSPS) is 12.3. The number of aryl methyl sites for hydroxylation is 1. The third-order valence-corrected chi connectivity index (χ3v) is 4.75. The van der Waals surface area contributed by atoms with Crippen LogP contribution in [0.1, 0.15) is 34.3 Å². The van der Waals surface area contributed by atoms with Gasteiger partial charge in [-0.15, -0.1) is 0 Å². The summed E-state index contributed by atoms with van der Waals surface area (Å²) in [6.07, 6.45) is 5.46. The fourth-order valence-electron chi connectivity index (χ4n) is 2.19. The summed E-state index contributed by atoms with van der Waals surface area (Å²) in [5.41, 5.74) is 2.84. The molecule has 1 N–H and O–H groups in total. The van der Waals surface area contributed by atoms with Crippen LogP contribution in [0.15, 0.2) is 39.8 Å². The van der Waals surface area contributed by atoms with Crippen LogP contribution in [-0.4, -0.2) is 26.8 Å². The Kier molecular flexibility index (Phi) is 6.41. The maximum atomic E-state index is 11.2. The van der Waals surface area contributed by atoms with E-state index in [4.69, 9.17) is 5.11 Å².